The molecule has 0 radical (unpaired) electrons. The van der Waals surface area contributed by atoms with E-state index in [0.29, 0.717) is 0 Å². The molecule has 1 aromatic carbocycles. The van der Waals surface area contributed by atoms with Crippen LogP contribution in [0.5, 0.6) is 0 Å². The normalized spacial score (nSPS) is 16.6. The first kappa shape index (κ1) is 15.7. The van der Waals surface area contributed by atoms with Crippen LogP contribution in [0.15, 0.2) is 18.2 Å². The van der Waals surface area contributed by atoms with Crippen LogP contribution in [0.2, 0.25) is 5.02 Å². The van der Waals surface area contributed by atoms with Crippen LogP contribution < -0.4 is 0 Å². The number of rotatable bonds is 3. The average Bonchev–Trinajstić information content (AvgIpc) is 2.88. The van der Waals surface area contributed by atoms with E-state index >= 15 is 0 Å². The van der Waals surface area contributed by atoms with Crippen LogP contribution in [0.25, 0.3) is 10.2 Å². The highest BCUT2D eigenvalue weighted by Gasteiger charge is 2.23. The van der Waals surface area contributed by atoms with E-state index in [1.54, 1.807) is 11.3 Å². The second-order valence-electron chi connectivity index (χ2n) is 5.98. The van der Waals surface area contributed by atoms with Gasteiger partial charge in [-0.25, -0.2) is 4.98 Å². The van der Waals surface area contributed by atoms with Gasteiger partial charge in [0.1, 0.15) is 5.01 Å². The first-order valence-corrected chi connectivity index (χ1v) is 8.78. The van der Waals surface area contributed by atoms with Crippen molar-refractivity contribution in [1.82, 2.24) is 14.8 Å². The van der Waals surface area contributed by atoms with Crippen LogP contribution in [0.3, 0.4) is 0 Å². The number of carbonyl (C=O) groups is 1. The van der Waals surface area contributed by atoms with Gasteiger partial charge in [-0.2, -0.15) is 0 Å². The van der Waals surface area contributed by atoms with Crippen LogP contribution in [0.1, 0.15) is 18.9 Å². The lowest BCUT2D eigenvalue weighted by Gasteiger charge is -2.35. The van der Waals surface area contributed by atoms with Crippen LogP contribution in [0.4, 0.5) is 0 Å². The van der Waals surface area contributed by atoms with E-state index in [-0.39, 0.29) is 11.8 Å². The van der Waals surface area contributed by atoms with Crippen molar-refractivity contribution in [3.8, 4) is 0 Å². The van der Waals surface area contributed by atoms with Gasteiger partial charge in [0.25, 0.3) is 0 Å². The first-order chi connectivity index (χ1) is 10.5. The monoisotopic (exact) mass is 337 g/mol. The molecule has 3 rings (SSSR count). The van der Waals surface area contributed by atoms with Crippen LogP contribution in [-0.4, -0.2) is 46.9 Å². The van der Waals surface area contributed by atoms with Crippen LogP contribution in [0, 0.1) is 5.92 Å². The molecule has 6 heteroatoms. The highest BCUT2D eigenvalue weighted by atomic mass is 35.5. The maximum atomic E-state index is 12.0. The Balaban J connectivity index is 1.61. The van der Waals surface area contributed by atoms with Crippen molar-refractivity contribution in [2.45, 2.75) is 20.4 Å². The second-order valence-corrected chi connectivity index (χ2v) is 7.53. The predicted molar refractivity (Wildman–Crippen MR) is 91.3 cm³/mol. The third kappa shape index (κ3) is 3.42. The molecule has 1 aliphatic heterocycles. The SMILES string of the molecule is CC(C)C(=O)N1CCN(Cc2nc3cc(Cl)ccc3s2)CC1. The Morgan fingerprint density at radius 3 is 2.73 bits per heavy atom. The number of halogens is 1. The van der Waals surface area contributed by atoms with E-state index < -0.39 is 0 Å². The zero-order valence-corrected chi connectivity index (χ0v) is 14.5. The summed E-state index contributed by atoms with van der Waals surface area (Å²) >= 11 is 7.73. The molecule has 1 aromatic heterocycles. The Kier molecular flexibility index (Phi) is 4.66. The van der Waals surface area contributed by atoms with Gasteiger partial charge in [0.15, 0.2) is 0 Å². The lowest BCUT2D eigenvalue weighted by molar-refractivity contribution is -0.136. The highest BCUT2D eigenvalue weighted by Crippen LogP contribution is 2.26. The molecule has 118 valence electrons. The number of carbonyl (C=O) groups excluding carboxylic acids is 1. The van der Waals surface area contributed by atoms with Gasteiger partial charge in [0.2, 0.25) is 5.91 Å². The van der Waals surface area contributed by atoms with Crippen molar-refractivity contribution in [3.63, 3.8) is 0 Å². The minimum absolute atomic E-state index is 0.0839. The molecule has 0 bridgehead atoms. The van der Waals surface area contributed by atoms with E-state index in [0.717, 1.165) is 48.3 Å². The summed E-state index contributed by atoms with van der Waals surface area (Å²) in [5, 5.41) is 1.84. The molecule has 0 atom stereocenters. The third-order valence-corrected chi connectivity index (χ3v) is 5.19. The summed E-state index contributed by atoms with van der Waals surface area (Å²) in [5.74, 6) is 0.342. The van der Waals surface area contributed by atoms with Crippen molar-refractivity contribution in [2.75, 3.05) is 26.2 Å². The number of hydrogen-bond acceptors (Lipinski definition) is 4. The van der Waals surface area contributed by atoms with Gasteiger partial charge in [0, 0.05) is 37.1 Å². The van der Waals surface area contributed by atoms with Crippen molar-refractivity contribution < 1.29 is 4.79 Å². The van der Waals surface area contributed by atoms with E-state index in [1.165, 1.54) is 4.70 Å². The summed E-state index contributed by atoms with van der Waals surface area (Å²) in [7, 11) is 0. The molecule has 22 heavy (non-hydrogen) atoms. The van der Waals surface area contributed by atoms with Crippen LogP contribution in [-0.2, 0) is 11.3 Å². The third-order valence-electron chi connectivity index (χ3n) is 3.93. The Hall–Kier alpha value is -1.17. The Bertz CT molecular complexity index is 677. The molecule has 2 aromatic rings. The van der Waals surface area contributed by atoms with Crippen molar-refractivity contribution >= 4 is 39.1 Å². The molecule has 1 fully saturated rings. The minimum atomic E-state index is 0.0839. The summed E-state index contributed by atoms with van der Waals surface area (Å²) in [5.41, 5.74) is 0.973. The second kappa shape index (κ2) is 6.52. The van der Waals surface area contributed by atoms with Crippen molar-refractivity contribution in [3.05, 3.63) is 28.2 Å². The molecule has 1 amide bonds. The number of aromatic nitrogens is 1. The lowest BCUT2D eigenvalue weighted by atomic mass is 10.1. The molecule has 4 nitrogen and oxygen atoms in total. The van der Waals surface area contributed by atoms with Crippen molar-refractivity contribution in [1.29, 1.82) is 0 Å². The number of thiazole rings is 1. The molecule has 2 heterocycles. The number of nitrogens with zero attached hydrogens (tertiary/aromatic N) is 3. The van der Waals surface area contributed by atoms with Gasteiger partial charge in [-0.05, 0) is 18.2 Å². The number of hydrogen-bond donors (Lipinski definition) is 0. The van der Waals surface area contributed by atoms with Gasteiger partial charge >= 0.3 is 0 Å². The topological polar surface area (TPSA) is 36.4 Å². The maximum Gasteiger partial charge on any atom is 0.225 e. The fourth-order valence-electron chi connectivity index (χ4n) is 2.70. The molecule has 0 spiro atoms. The molecule has 1 aliphatic rings. The summed E-state index contributed by atoms with van der Waals surface area (Å²) < 4.78 is 1.17. The summed E-state index contributed by atoms with van der Waals surface area (Å²) in [6.07, 6.45) is 0. The Labute approximate surface area is 139 Å². The highest BCUT2D eigenvalue weighted by molar-refractivity contribution is 7.18. The van der Waals surface area contributed by atoms with E-state index in [9.17, 15) is 4.79 Å². The quantitative estimate of drug-likeness (QED) is 0.862. The predicted octanol–water partition coefficient (Wildman–Crippen LogP) is 3.25. The van der Waals surface area contributed by atoms with Gasteiger partial charge in [0.05, 0.1) is 16.8 Å². The molecule has 0 saturated carbocycles. The summed E-state index contributed by atoms with van der Waals surface area (Å²) in [6, 6.07) is 5.84. The van der Waals surface area contributed by atoms with Crippen LogP contribution >= 0.6 is 22.9 Å². The minimum Gasteiger partial charge on any atom is -0.340 e. The van der Waals surface area contributed by atoms with Gasteiger partial charge in [-0.1, -0.05) is 25.4 Å². The van der Waals surface area contributed by atoms with Gasteiger partial charge < -0.3 is 4.90 Å². The van der Waals surface area contributed by atoms with Crippen molar-refractivity contribution in [2.24, 2.45) is 5.92 Å². The Morgan fingerprint density at radius 2 is 2.05 bits per heavy atom. The van der Waals surface area contributed by atoms with E-state index in [1.807, 2.05) is 36.9 Å². The molecular weight excluding hydrogens is 318 g/mol. The molecule has 0 unspecified atom stereocenters. The summed E-state index contributed by atoms with van der Waals surface area (Å²) in [6.45, 7) is 8.22. The summed E-state index contributed by atoms with van der Waals surface area (Å²) in [4.78, 5) is 21.0. The molecule has 0 aliphatic carbocycles. The van der Waals surface area contributed by atoms with E-state index in [4.69, 9.17) is 11.6 Å². The molecular formula is C16H20ClN3OS. The number of piperazine rings is 1. The molecule has 0 N–H and O–H groups in total. The zero-order valence-electron chi connectivity index (χ0n) is 12.9. The van der Waals surface area contributed by atoms with Gasteiger partial charge in [-0.15, -0.1) is 11.3 Å². The Morgan fingerprint density at radius 1 is 1.32 bits per heavy atom. The largest absolute Gasteiger partial charge is 0.340 e. The number of benzene rings is 1. The maximum absolute atomic E-state index is 12.0. The smallest absolute Gasteiger partial charge is 0.225 e. The number of amides is 1. The molecule has 1 saturated heterocycles. The fourth-order valence-corrected chi connectivity index (χ4v) is 3.86. The number of fused-ring (bicyclic) bond motifs is 1. The lowest BCUT2D eigenvalue weighted by Crippen LogP contribution is -2.49. The van der Waals surface area contributed by atoms with Gasteiger partial charge in [-0.3, -0.25) is 9.69 Å². The average molecular weight is 338 g/mol. The fraction of sp³-hybridized carbons (Fsp3) is 0.500. The standard InChI is InChI=1S/C16H20ClN3OS/c1-11(2)16(21)20-7-5-19(6-8-20)10-15-18-13-9-12(17)3-4-14(13)22-15/h3-4,9,11H,5-8,10H2,1-2H3. The first-order valence-electron chi connectivity index (χ1n) is 7.59. The van der Waals surface area contributed by atoms with E-state index in [2.05, 4.69) is 9.88 Å². The zero-order chi connectivity index (χ0) is 15.7.